The van der Waals surface area contributed by atoms with E-state index in [0.717, 1.165) is 0 Å². The Labute approximate surface area is 119 Å². The molecule has 2 N–H and O–H groups in total. The van der Waals surface area contributed by atoms with E-state index in [4.69, 9.17) is 9.47 Å². The first-order valence-corrected chi connectivity index (χ1v) is 6.98. The smallest absolute Gasteiger partial charge is 0.408 e. The van der Waals surface area contributed by atoms with Crippen LogP contribution in [0.2, 0.25) is 0 Å². The van der Waals surface area contributed by atoms with Gasteiger partial charge in [0.2, 0.25) is 0 Å². The number of hydrogen-bond donors (Lipinski definition) is 2. The lowest BCUT2D eigenvalue weighted by Crippen LogP contribution is -2.49. The maximum Gasteiger partial charge on any atom is 0.408 e. The van der Waals surface area contributed by atoms with Gasteiger partial charge in [-0.05, 0) is 52.4 Å². The summed E-state index contributed by atoms with van der Waals surface area (Å²) in [5.41, 5.74) is -0.618. The summed E-state index contributed by atoms with van der Waals surface area (Å²) in [6.45, 7) is 5.28. The van der Waals surface area contributed by atoms with E-state index < -0.39 is 23.7 Å². The van der Waals surface area contributed by atoms with Crippen molar-refractivity contribution in [2.75, 3.05) is 7.11 Å². The highest BCUT2D eigenvalue weighted by Gasteiger charge is 2.34. The van der Waals surface area contributed by atoms with Gasteiger partial charge in [0.1, 0.15) is 11.6 Å². The van der Waals surface area contributed by atoms with Crippen LogP contribution in [-0.4, -0.2) is 42.0 Å². The molecule has 6 nitrogen and oxygen atoms in total. The molecular formula is C14H25NO5. The number of aliphatic hydroxyl groups excluding tert-OH is 1. The van der Waals surface area contributed by atoms with Crippen molar-refractivity contribution in [2.24, 2.45) is 5.92 Å². The highest BCUT2D eigenvalue weighted by molar-refractivity contribution is 5.81. The zero-order chi connectivity index (χ0) is 15.3. The zero-order valence-corrected chi connectivity index (χ0v) is 12.6. The lowest BCUT2D eigenvalue weighted by molar-refractivity contribution is -0.145. The summed E-state index contributed by atoms with van der Waals surface area (Å²) in [5.74, 6) is -0.504. The molecule has 1 amide bonds. The fourth-order valence-corrected chi connectivity index (χ4v) is 2.37. The van der Waals surface area contributed by atoms with Gasteiger partial charge >= 0.3 is 12.1 Å². The molecular weight excluding hydrogens is 262 g/mol. The standard InChI is InChI=1S/C14H25NO5/c1-14(2,3)20-13(18)15-11(12(17)19-4)9-5-7-10(16)8-6-9/h9-11,16H,5-8H2,1-4H3,(H,15,18)/t9-,10+,11-/m1/s1. The van der Waals surface area contributed by atoms with Crippen molar-refractivity contribution >= 4 is 12.1 Å². The highest BCUT2D eigenvalue weighted by Crippen LogP contribution is 2.27. The molecule has 1 fully saturated rings. The molecule has 1 aliphatic carbocycles. The summed E-state index contributed by atoms with van der Waals surface area (Å²) in [6, 6.07) is -0.720. The molecule has 0 aromatic carbocycles. The summed E-state index contributed by atoms with van der Waals surface area (Å²) >= 11 is 0. The summed E-state index contributed by atoms with van der Waals surface area (Å²) < 4.78 is 9.92. The van der Waals surface area contributed by atoms with E-state index in [9.17, 15) is 14.7 Å². The molecule has 1 saturated carbocycles. The van der Waals surface area contributed by atoms with Crippen molar-refractivity contribution in [2.45, 2.75) is 64.2 Å². The van der Waals surface area contributed by atoms with E-state index in [1.165, 1.54) is 7.11 Å². The number of carbonyl (C=O) groups is 2. The molecule has 0 radical (unpaired) electrons. The van der Waals surface area contributed by atoms with Crippen LogP contribution >= 0.6 is 0 Å². The number of ether oxygens (including phenoxy) is 2. The van der Waals surface area contributed by atoms with Gasteiger partial charge in [-0.15, -0.1) is 0 Å². The van der Waals surface area contributed by atoms with Crippen LogP contribution in [0.25, 0.3) is 0 Å². The van der Waals surface area contributed by atoms with Gasteiger partial charge in [-0.1, -0.05) is 0 Å². The minimum Gasteiger partial charge on any atom is -0.467 e. The second kappa shape index (κ2) is 6.92. The number of aliphatic hydroxyl groups is 1. The molecule has 0 aromatic heterocycles. The molecule has 0 unspecified atom stereocenters. The Balaban J connectivity index is 2.65. The van der Waals surface area contributed by atoms with Crippen molar-refractivity contribution in [1.29, 1.82) is 0 Å². The van der Waals surface area contributed by atoms with Crippen molar-refractivity contribution < 1.29 is 24.2 Å². The number of methoxy groups -OCH3 is 1. The van der Waals surface area contributed by atoms with Crippen molar-refractivity contribution in [1.82, 2.24) is 5.32 Å². The van der Waals surface area contributed by atoms with E-state index in [-0.39, 0.29) is 12.0 Å². The first-order valence-electron chi connectivity index (χ1n) is 6.98. The first kappa shape index (κ1) is 16.8. The molecule has 1 atom stereocenters. The van der Waals surface area contributed by atoms with E-state index >= 15 is 0 Å². The van der Waals surface area contributed by atoms with Crippen LogP contribution < -0.4 is 5.32 Å². The Morgan fingerprint density at radius 1 is 1.20 bits per heavy atom. The number of amides is 1. The quantitative estimate of drug-likeness (QED) is 0.770. The summed E-state index contributed by atoms with van der Waals surface area (Å²) in [5, 5.41) is 12.1. The number of nitrogens with one attached hydrogen (secondary N) is 1. The number of alkyl carbamates (subject to hydrolysis) is 1. The number of esters is 1. The van der Waals surface area contributed by atoms with E-state index in [1.54, 1.807) is 20.8 Å². The molecule has 0 saturated heterocycles. The third-order valence-corrected chi connectivity index (χ3v) is 3.34. The highest BCUT2D eigenvalue weighted by atomic mass is 16.6. The number of carbonyl (C=O) groups excluding carboxylic acids is 2. The minimum atomic E-state index is -0.720. The van der Waals surface area contributed by atoms with E-state index in [2.05, 4.69) is 5.32 Å². The van der Waals surface area contributed by atoms with Gasteiger partial charge in [0, 0.05) is 0 Å². The molecule has 1 aliphatic rings. The third kappa shape index (κ3) is 5.36. The summed E-state index contributed by atoms with van der Waals surface area (Å²) in [4.78, 5) is 23.6. The molecule has 116 valence electrons. The predicted octanol–water partition coefficient (Wildman–Crippen LogP) is 1.60. The van der Waals surface area contributed by atoms with Gasteiger partial charge in [0.15, 0.2) is 0 Å². The second-order valence-corrected chi connectivity index (χ2v) is 6.22. The van der Waals surface area contributed by atoms with Crippen molar-refractivity contribution in [3.05, 3.63) is 0 Å². The second-order valence-electron chi connectivity index (χ2n) is 6.22. The Kier molecular flexibility index (Phi) is 5.80. The fourth-order valence-electron chi connectivity index (χ4n) is 2.37. The Hall–Kier alpha value is -1.30. The SMILES string of the molecule is COC(=O)[C@H](NC(=O)OC(C)(C)C)[C@H]1CC[C@@H](O)CC1. The molecule has 0 spiro atoms. The van der Waals surface area contributed by atoms with Crippen LogP contribution in [0.5, 0.6) is 0 Å². The zero-order valence-electron chi connectivity index (χ0n) is 12.6. The monoisotopic (exact) mass is 287 g/mol. The number of rotatable bonds is 3. The van der Waals surface area contributed by atoms with Crippen LogP contribution in [0, 0.1) is 5.92 Å². The van der Waals surface area contributed by atoms with Crippen LogP contribution in [0.1, 0.15) is 46.5 Å². The fraction of sp³-hybridized carbons (Fsp3) is 0.857. The van der Waals surface area contributed by atoms with Gasteiger partial charge in [0.25, 0.3) is 0 Å². The average Bonchev–Trinajstić information content (AvgIpc) is 2.34. The minimum absolute atomic E-state index is 0.0293. The van der Waals surface area contributed by atoms with Crippen molar-refractivity contribution in [3.63, 3.8) is 0 Å². The average molecular weight is 287 g/mol. The molecule has 0 bridgehead atoms. The van der Waals surface area contributed by atoms with Gasteiger partial charge in [-0.3, -0.25) is 0 Å². The van der Waals surface area contributed by atoms with Crippen molar-refractivity contribution in [3.8, 4) is 0 Å². The van der Waals surface area contributed by atoms with E-state index in [0.29, 0.717) is 25.7 Å². The first-order chi connectivity index (χ1) is 9.23. The maximum atomic E-state index is 11.8. The molecule has 0 aromatic rings. The molecule has 1 rings (SSSR count). The largest absolute Gasteiger partial charge is 0.467 e. The summed E-state index contributed by atoms with van der Waals surface area (Å²) in [7, 11) is 1.30. The van der Waals surface area contributed by atoms with Gasteiger partial charge in [0.05, 0.1) is 13.2 Å². The normalized spacial score (nSPS) is 24.6. The number of hydrogen-bond acceptors (Lipinski definition) is 5. The van der Waals surface area contributed by atoms with Gasteiger partial charge < -0.3 is 19.9 Å². The topological polar surface area (TPSA) is 84.9 Å². The summed E-state index contributed by atoms with van der Waals surface area (Å²) in [6.07, 6.45) is 1.68. The third-order valence-electron chi connectivity index (χ3n) is 3.34. The Bertz CT molecular complexity index is 342. The molecule has 20 heavy (non-hydrogen) atoms. The molecule has 0 aliphatic heterocycles. The lowest BCUT2D eigenvalue weighted by atomic mass is 9.82. The predicted molar refractivity (Wildman–Crippen MR) is 73.1 cm³/mol. The van der Waals surface area contributed by atoms with Crippen LogP contribution in [0.4, 0.5) is 4.79 Å². The van der Waals surface area contributed by atoms with Crippen LogP contribution in [0.3, 0.4) is 0 Å². The van der Waals surface area contributed by atoms with Gasteiger partial charge in [-0.25, -0.2) is 9.59 Å². The van der Waals surface area contributed by atoms with E-state index in [1.807, 2.05) is 0 Å². The lowest BCUT2D eigenvalue weighted by Gasteiger charge is -2.31. The molecule has 6 heteroatoms. The Morgan fingerprint density at radius 2 is 1.75 bits per heavy atom. The van der Waals surface area contributed by atoms with Crippen LogP contribution in [0.15, 0.2) is 0 Å². The van der Waals surface area contributed by atoms with Gasteiger partial charge in [-0.2, -0.15) is 0 Å². The Morgan fingerprint density at radius 3 is 2.20 bits per heavy atom. The maximum absolute atomic E-state index is 11.8. The molecule has 0 heterocycles. The van der Waals surface area contributed by atoms with Crippen LogP contribution in [-0.2, 0) is 14.3 Å².